The summed E-state index contributed by atoms with van der Waals surface area (Å²) in [6.07, 6.45) is 2.35. The molecule has 1 heterocycles. The van der Waals surface area contributed by atoms with Gasteiger partial charge in [-0.25, -0.2) is 9.97 Å². The summed E-state index contributed by atoms with van der Waals surface area (Å²) in [6, 6.07) is 1.73. The van der Waals surface area contributed by atoms with Crippen LogP contribution >= 0.6 is 0 Å². The Bertz CT molecular complexity index is 398. The molecule has 0 N–H and O–H groups in total. The van der Waals surface area contributed by atoms with E-state index < -0.39 is 0 Å². The van der Waals surface area contributed by atoms with Gasteiger partial charge in [0.15, 0.2) is 0 Å². The molecule has 0 amide bonds. The number of likely N-dealkylation sites (N-methyl/N-ethyl adjacent to an activating group) is 1. The minimum absolute atomic E-state index is 0.175. The van der Waals surface area contributed by atoms with E-state index in [1.807, 2.05) is 18.7 Å². The summed E-state index contributed by atoms with van der Waals surface area (Å²) in [6.45, 7) is 7.59. The van der Waals surface area contributed by atoms with E-state index in [9.17, 15) is 4.79 Å². The molecule has 0 atom stereocenters. The van der Waals surface area contributed by atoms with Crippen LogP contribution in [-0.2, 0) is 9.53 Å². The summed E-state index contributed by atoms with van der Waals surface area (Å²) in [5.74, 6) is 0.921. The van der Waals surface area contributed by atoms with Crippen LogP contribution in [0.15, 0.2) is 12.4 Å². The second-order valence-electron chi connectivity index (χ2n) is 3.88. The number of anilines is 1. The van der Waals surface area contributed by atoms with Crippen molar-refractivity contribution in [2.24, 2.45) is 0 Å². The number of carbonyl (C=O) groups excluding carboxylic acids is 1. The summed E-state index contributed by atoms with van der Waals surface area (Å²) >= 11 is 0. The van der Waals surface area contributed by atoms with Crippen molar-refractivity contribution in [2.75, 3.05) is 31.2 Å². The Kier molecular flexibility index (Phi) is 6.63. The predicted molar refractivity (Wildman–Crippen MR) is 72.3 cm³/mol. The Balaban J connectivity index is 2.71. The van der Waals surface area contributed by atoms with E-state index in [0.717, 1.165) is 6.42 Å². The fourth-order valence-electron chi connectivity index (χ4n) is 1.51. The van der Waals surface area contributed by atoms with Crippen LogP contribution in [0, 0.1) is 0 Å². The maximum atomic E-state index is 11.5. The van der Waals surface area contributed by atoms with E-state index in [4.69, 9.17) is 9.47 Å². The van der Waals surface area contributed by atoms with Crippen LogP contribution in [0.2, 0.25) is 0 Å². The number of hydrogen-bond donors (Lipinski definition) is 0. The van der Waals surface area contributed by atoms with Crippen molar-refractivity contribution in [3.8, 4) is 5.88 Å². The first-order valence-electron chi connectivity index (χ1n) is 6.56. The highest BCUT2D eigenvalue weighted by Gasteiger charge is 2.12. The van der Waals surface area contributed by atoms with Crippen molar-refractivity contribution in [1.82, 2.24) is 9.97 Å². The van der Waals surface area contributed by atoms with Crippen LogP contribution in [-0.4, -0.2) is 42.2 Å². The van der Waals surface area contributed by atoms with Gasteiger partial charge in [-0.1, -0.05) is 6.92 Å². The fraction of sp³-hybridized carbons (Fsp3) is 0.615. The number of aromatic nitrogens is 2. The Hall–Kier alpha value is -1.85. The van der Waals surface area contributed by atoms with Crippen molar-refractivity contribution in [3.05, 3.63) is 12.4 Å². The Morgan fingerprint density at radius 1 is 1.32 bits per heavy atom. The van der Waals surface area contributed by atoms with Crippen LogP contribution in [0.3, 0.4) is 0 Å². The lowest BCUT2D eigenvalue weighted by Crippen LogP contribution is -2.31. The zero-order valence-electron chi connectivity index (χ0n) is 11.8. The minimum Gasteiger partial charge on any atom is -0.478 e. The second-order valence-corrected chi connectivity index (χ2v) is 3.88. The molecule has 1 rings (SSSR count). The summed E-state index contributed by atoms with van der Waals surface area (Å²) in [4.78, 5) is 21.5. The van der Waals surface area contributed by atoms with Crippen molar-refractivity contribution in [3.63, 3.8) is 0 Å². The number of hydrogen-bond acceptors (Lipinski definition) is 6. The lowest BCUT2D eigenvalue weighted by Gasteiger charge is -2.20. The zero-order valence-corrected chi connectivity index (χ0v) is 11.8. The molecule has 1 aromatic heterocycles. The van der Waals surface area contributed by atoms with Gasteiger partial charge in [0.25, 0.3) is 0 Å². The first-order valence-corrected chi connectivity index (χ1v) is 6.56. The number of esters is 1. The third-order valence-corrected chi connectivity index (χ3v) is 2.41. The quantitative estimate of drug-likeness (QED) is 0.667. The van der Waals surface area contributed by atoms with E-state index in [1.54, 1.807) is 13.0 Å². The molecule has 0 radical (unpaired) electrons. The van der Waals surface area contributed by atoms with Crippen LogP contribution in [0.4, 0.5) is 5.82 Å². The Labute approximate surface area is 113 Å². The molecule has 0 saturated carbocycles. The van der Waals surface area contributed by atoms with Gasteiger partial charge in [0.2, 0.25) is 5.88 Å². The largest absolute Gasteiger partial charge is 0.478 e. The summed E-state index contributed by atoms with van der Waals surface area (Å²) in [7, 11) is 0. The molecule has 0 bridgehead atoms. The van der Waals surface area contributed by atoms with Crippen LogP contribution in [0.1, 0.15) is 27.2 Å². The number of carbonyl (C=O) groups is 1. The molecule has 0 aliphatic carbocycles. The summed E-state index contributed by atoms with van der Waals surface area (Å²) in [5, 5.41) is 0. The van der Waals surface area contributed by atoms with E-state index in [-0.39, 0.29) is 12.5 Å². The molecular weight excluding hydrogens is 246 g/mol. The van der Waals surface area contributed by atoms with Crippen LogP contribution < -0.4 is 9.64 Å². The standard InChI is InChI=1S/C13H21N3O3/c1-4-7-19-12-8-11(14-10-15-12)16(5-2)9-13(17)18-6-3/h8,10H,4-7,9H2,1-3H3. The molecular formula is C13H21N3O3. The molecule has 0 spiro atoms. The molecule has 0 aliphatic rings. The van der Waals surface area contributed by atoms with E-state index >= 15 is 0 Å². The highest BCUT2D eigenvalue weighted by atomic mass is 16.5. The van der Waals surface area contributed by atoms with Gasteiger partial charge in [-0.2, -0.15) is 0 Å². The average Bonchev–Trinajstić information content (AvgIpc) is 2.43. The highest BCUT2D eigenvalue weighted by Crippen LogP contribution is 2.15. The molecule has 1 aromatic rings. The molecule has 6 heteroatoms. The maximum absolute atomic E-state index is 11.5. The lowest BCUT2D eigenvalue weighted by molar-refractivity contribution is -0.141. The molecule has 19 heavy (non-hydrogen) atoms. The second kappa shape index (κ2) is 8.29. The third kappa shape index (κ3) is 5.11. The third-order valence-electron chi connectivity index (χ3n) is 2.41. The zero-order chi connectivity index (χ0) is 14.1. The summed E-state index contributed by atoms with van der Waals surface area (Å²) < 4.78 is 10.4. The van der Waals surface area contributed by atoms with Gasteiger partial charge in [-0.3, -0.25) is 4.79 Å². The first-order chi connectivity index (χ1) is 9.21. The molecule has 0 fully saturated rings. The van der Waals surface area contributed by atoms with Gasteiger partial charge in [0.05, 0.1) is 13.2 Å². The molecule has 6 nitrogen and oxygen atoms in total. The van der Waals surface area contributed by atoms with Crippen LogP contribution in [0.5, 0.6) is 5.88 Å². The van der Waals surface area contributed by atoms with Gasteiger partial charge >= 0.3 is 5.97 Å². The molecule has 106 valence electrons. The monoisotopic (exact) mass is 267 g/mol. The normalized spacial score (nSPS) is 10.1. The number of nitrogens with zero attached hydrogens (tertiary/aromatic N) is 3. The van der Waals surface area contributed by atoms with Gasteiger partial charge in [-0.15, -0.1) is 0 Å². The SMILES string of the molecule is CCCOc1cc(N(CC)CC(=O)OCC)ncn1. The number of ether oxygens (including phenoxy) is 2. The molecule has 0 unspecified atom stereocenters. The lowest BCUT2D eigenvalue weighted by atomic mass is 10.4. The van der Waals surface area contributed by atoms with Gasteiger partial charge in [0.1, 0.15) is 18.7 Å². The van der Waals surface area contributed by atoms with Crippen molar-refractivity contribution in [1.29, 1.82) is 0 Å². The fourth-order valence-corrected chi connectivity index (χ4v) is 1.51. The average molecular weight is 267 g/mol. The Morgan fingerprint density at radius 2 is 2.11 bits per heavy atom. The smallest absolute Gasteiger partial charge is 0.325 e. The highest BCUT2D eigenvalue weighted by molar-refractivity contribution is 5.75. The van der Waals surface area contributed by atoms with Gasteiger partial charge < -0.3 is 14.4 Å². The first kappa shape index (κ1) is 15.2. The van der Waals surface area contributed by atoms with E-state index in [0.29, 0.717) is 31.5 Å². The maximum Gasteiger partial charge on any atom is 0.325 e. The van der Waals surface area contributed by atoms with Crippen molar-refractivity contribution < 1.29 is 14.3 Å². The van der Waals surface area contributed by atoms with Gasteiger partial charge in [-0.05, 0) is 20.3 Å². The minimum atomic E-state index is -0.265. The summed E-state index contributed by atoms with van der Waals surface area (Å²) in [5.41, 5.74) is 0. The van der Waals surface area contributed by atoms with Crippen LogP contribution in [0.25, 0.3) is 0 Å². The van der Waals surface area contributed by atoms with Gasteiger partial charge in [0, 0.05) is 12.6 Å². The van der Waals surface area contributed by atoms with Crippen molar-refractivity contribution >= 4 is 11.8 Å². The predicted octanol–water partition coefficient (Wildman–Crippen LogP) is 1.65. The Morgan fingerprint density at radius 3 is 2.74 bits per heavy atom. The van der Waals surface area contributed by atoms with Crippen molar-refractivity contribution in [2.45, 2.75) is 27.2 Å². The molecule has 0 aliphatic heterocycles. The molecule has 0 saturated heterocycles. The topological polar surface area (TPSA) is 64.5 Å². The van der Waals surface area contributed by atoms with E-state index in [1.165, 1.54) is 6.33 Å². The van der Waals surface area contributed by atoms with E-state index in [2.05, 4.69) is 9.97 Å². The molecule has 0 aromatic carbocycles. The number of rotatable bonds is 8.